The number of nitrogens with two attached hydrogens (primary N) is 1. The molecule has 7 nitrogen and oxygen atoms in total. The predicted molar refractivity (Wildman–Crippen MR) is 109 cm³/mol. The zero-order valence-corrected chi connectivity index (χ0v) is 15.8. The molecule has 0 radical (unpaired) electrons. The number of nitrogens with one attached hydrogen (secondary N) is 1. The van der Waals surface area contributed by atoms with Gasteiger partial charge in [0.25, 0.3) is 5.91 Å². The highest BCUT2D eigenvalue weighted by Crippen LogP contribution is 2.40. The van der Waals surface area contributed by atoms with Gasteiger partial charge in [0, 0.05) is 25.3 Å². The first-order valence-electron chi connectivity index (χ1n) is 9.14. The molecule has 1 aliphatic rings. The Kier molecular flexibility index (Phi) is 4.35. The largest absolute Gasteiger partial charge is 0.369 e. The predicted octanol–water partition coefficient (Wildman–Crippen LogP) is 2.68. The third kappa shape index (κ3) is 2.72. The van der Waals surface area contributed by atoms with E-state index in [2.05, 4.69) is 15.4 Å². The highest BCUT2D eigenvalue weighted by atomic mass is 16.2. The second-order valence-corrected chi connectivity index (χ2v) is 6.65. The third-order valence-electron chi connectivity index (χ3n) is 5.00. The van der Waals surface area contributed by atoms with Gasteiger partial charge in [-0.25, -0.2) is 9.67 Å². The Bertz CT molecular complexity index is 1040. The molecule has 1 aliphatic heterocycles. The maximum Gasteiger partial charge on any atom is 0.266 e. The number of amides is 1. The highest BCUT2D eigenvalue weighted by Gasteiger charge is 2.49. The molecule has 0 saturated heterocycles. The smallest absolute Gasteiger partial charge is 0.266 e. The molecule has 3 aromatic rings. The lowest BCUT2D eigenvalue weighted by atomic mass is 9.82. The maximum atomic E-state index is 13.3. The van der Waals surface area contributed by atoms with Crippen LogP contribution in [0.4, 0.5) is 11.5 Å². The minimum Gasteiger partial charge on any atom is -0.369 e. The number of aliphatic imine (C=N–C) groups is 1. The molecule has 0 fully saturated rings. The topological polar surface area (TPSA) is 88.5 Å². The van der Waals surface area contributed by atoms with E-state index in [4.69, 9.17) is 5.73 Å². The maximum absolute atomic E-state index is 13.3. The molecule has 1 atom stereocenters. The molecule has 4 rings (SSSR count). The van der Waals surface area contributed by atoms with E-state index in [0.29, 0.717) is 0 Å². The van der Waals surface area contributed by atoms with Gasteiger partial charge in [-0.05, 0) is 30.2 Å². The molecule has 3 N–H and O–H groups in total. The second kappa shape index (κ2) is 6.84. The quantitative estimate of drug-likeness (QED) is 0.719. The van der Waals surface area contributed by atoms with Crippen molar-refractivity contribution >= 4 is 23.4 Å². The van der Waals surface area contributed by atoms with E-state index in [1.807, 2.05) is 72.3 Å². The van der Waals surface area contributed by atoms with Gasteiger partial charge in [-0.15, -0.1) is 0 Å². The number of anilines is 2. The van der Waals surface area contributed by atoms with Crippen LogP contribution in [0.25, 0.3) is 0 Å². The molecular formula is C21H22N6O. The molecule has 0 saturated carbocycles. The summed E-state index contributed by atoms with van der Waals surface area (Å²) >= 11 is 0. The van der Waals surface area contributed by atoms with Crippen LogP contribution in [0.5, 0.6) is 0 Å². The number of hydrogen-bond donors (Lipinski definition) is 2. The monoisotopic (exact) mass is 374 g/mol. The molecule has 0 aliphatic carbocycles. The van der Waals surface area contributed by atoms with Crippen molar-refractivity contribution in [1.82, 2.24) is 14.7 Å². The van der Waals surface area contributed by atoms with Crippen molar-refractivity contribution in [2.75, 3.05) is 12.4 Å². The fourth-order valence-electron chi connectivity index (χ4n) is 3.52. The first-order chi connectivity index (χ1) is 13.6. The van der Waals surface area contributed by atoms with Crippen molar-refractivity contribution in [2.45, 2.75) is 19.0 Å². The summed E-state index contributed by atoms with van der Waals surface area (Å²) in [5, 5.41) is 7.65. The Labute approximate surface area is 163 Å². The Balaban J connectivity index is 1.82. The number of rotatable bonds is 5. The lowest BCUT2D eigenvalue weighted by Gasteiger charge is -2.26. The van der Waals surface area contributed by atoms with Gasteiger partial charge in [-0.2, -0.15) is 5.10 Å². The van der Waals surface area contributed by atoms with Crippen LogP contribution in [0, 0.1) is 0 Å². The number of aromatic nitrogens is 2. The summed E-state index contributed by atoms with van der Waals surface area (Å²) in [6, 6.07) is 19.1. The molecule has 28 heavy (non-hydrogen) atoms. The van der Waals surface area contributed by atoms with E-state index in [1.165, 1.54) is 4.90 Å². The summed E-state index contributed by atoms with van der Waals surface area (Å²) in [6.45, 7) is 2.79. The van der Waals surface area contributed by atoms with Crippen LogP contribution in [0.2, 0.25) is 0 Å². The number of guanidine groups is 1. The van der Waals surface area contributed by atoms with Gasteiger partial charge in [0.1, 0.15) is 5.82 Å². The molecule has 142 valence electrons. The normalized spacial score (nSPS) is 19.0. The summed E-state index contributed by atoms with van der Waals surface area (Å²) in [6.07, 6.45) is 1.75. The van der Waals surface area contributed by atoms with Gasteiger partial charge in [-0.1, -0.05) is 42.5 Å². The third-order valence-corrected chi connectivity index (χ3v) is 5.00. The molecule has 1 aromatic heterocycles. The van der Waals surface area contributed by atoms with Crippen LogP contribution in [-0.4, -0.2) is 33.6 Å². The highest BCUT2D eigenvalue weighted by molar-refractivity contribution is 6.09. The summed E-state index contributed by atoms with van der Waals surface area (Å²) in [7, 11) is 1.65. The van der Waals surface area contributed by atoms with Gasteiger partial charge in [0.05, 0.1) is 6.20 Å². The van der Waals surface area contributed by atoms with Crippen molar-refractivity contribution in [1.29, 1.82) is 0 Å². The molecule has 0 spiro atoms. The number of likely N-dealkylation sites (N-methyl/N-ethyl adjacent to an activating group) is 1. The first-order valence-corrected chi connectivity index (χ1v) is 9.14. The zero-order valence-electron chi connectivity index (χ0n) is 15.8. The van der Waals surface area contributed by atoms with E-state index in [1.54, 1.807) is 13.2 Å². The molecule has 1 unspecified atom stereocenters. The lowest BCUT2D eigenvalue weighted by Crippen LogP contribution is -2.41. The van der Waals surface area contributed by atoms with Crippen molar-refractivity contribution < 1.29 is 4.79 Å². The number of benzene rings is 2. The first kappa shape index (κ1) is 17.8. The number of nitrogens with zero attached hydrogens (tertiary/aromatic N) is 4. The summed E-state index contributed by atoms with van der Waals surface area (Å²) in [5.74, 6) is 0.912. The minimum atomic E-state index is -1.19. The molecule has 1 amide bonds. The molecular weight excluding hydrogens is 352 g/mol. The average molecular weight is 374 g/mol. The van der Waals surface area contributed by atoms with Gasteiger partial charge >= 0.3 is 0 Å². The molecule has 2 heterocycles. The van der Waals surface area contributed by atoms with E-state index in [-0.39, 0.29) is 11.9 Å². The Morgan fingerprint density at radius 1 is 1.07 bits per heavy atom. The van der Waals surface area contributed by atoms with Crippen molar-refractivity contribution in [3.63, 3.8) is 0 Å². The van der Waals surface area contributed by atoms with Crippen LogP contribution >= 0.6 is 0 Å². The van der Waals surface area contributed by atoms with Gasteiger partial charge in [0.2, 0.25) is 0 Å². The van der Waals surface area contributed by atoms with Crippen LogP contribution in [0.3, 0.4) is 0 Å². The molecule has 0 bridgehead atoms. The van der Waals surface area contributed by atoms with E-state index >= 15 is 0 Å². The van der Waals surface area contributed by atoms with Crippen LogP contribution in [0.1, 0.15) is 18.1 Å². The number of aryl methyl sites for hydroxylation is 1. The summed E-state index contributed by atoms with van der Waals surface area (Å²) in [4.78, 5) is 19.3. The lowest BCUT2D eigenvalue weighted by molar-refractivity contribution is -0.129. The van der Waals surface area contributed by atoms with Gasteiger partial charge < -0.3 is 11.1 Å². The van der Waals surface area contributed by atoms with Crippen molar-refractivity contribution in [2.24, 2.45) is 10.7 Å². The Hall–Kier alpha value is -3.61. The fraction of sp³-hybridized carbons (Fsp3) is 0.190. The van der Waals surface area contributed by atoms with Crippen LogP contribution in [-0.2, 0) is 16.9 Å². The number of carbonyl (C=O) groups excluding carboxylic acids is 1. The number of hydrogen-bond acceptors (Lipinski definition) is 5. The Morgan fingerprint density at radius 2 is 1.82 bits per heavy atom. The SMILES string of the molecule is CCn1nccc1Nc1cccc(C2(c3ccccc3)N=C(N)N(C)C2=O)c1. The molecule has 2 aromatic carbocycles. The van der Waals surface area contributed by atoms with Crippen LogP contribution in [0.15, 0.2) is 71.9 Å². The summed E-state index contributed by atoms with van der Waals surface area (Å²) in [5.41, 5.74) is 7.22. The fourth-order valence-corrected chi connectivity index (χ4v) is 3.52. The van der Waals surface area contributed by atoms with E-state index in [0.717, 1.165) is 29.2 Å². The average Bonchev–Trinajstić information content (AvgIpc) is 3.27. The van der Waals surface area contributed by atoms with Gasteiger partial charge in [-0.3, -0.25) is 9.69 Å². The van der Waals surface area contributed by atoms with Crippen molar-refractivity contribution in [3.05, 3.63) is 78.0 Å². The minimum absolute atomic E-state index is 0.174. The zero-order chi connectivity index (χ0) is 19.7. The Morgan fingerprint density at radius 3 is 2.50 bits per heavy atom. The number of carbonyl (C=O) groups is 1. The molecule has 7 heteroatoms. The van der Waals surface area contributed by atoms with Crippen molar-refractivity contribution in [3.8, 4) is 0 Å². The summed E-state index contributed by atoms with van der Waals surface area (Å²) < 4.78 is 1.87. The van der Waals surface area contributed by atoms with Gasteiger partial charge in [0.15, 0.2) is 11.5 Å². The van der Waals surface area contributed by atoms with Crippen LogP contribution < -0.4 is 11.1 Å². The second-order valence-electron chi connectivity index (χ2n) is 6.65. The standard InChI is InChI=1S/C21H22N6O/c1-3-27-18(12-13-23-27)24-17-11-7-10-16(14-17)21(15-8-5-4-6-9-15)19(28)26(2)20(22)25-21/h4-14,24H,3H2,1-2H3,(H2,22,25). The van der Waals surface area contributed by atoms with E-state index < -0.39 is 5.54 Å². The van der Waals surface area contributed by atoms with E-state index in [9.17, 15) is 4.79 Å².